The van der Waals surface area contributed by atoms with E-state index in [9.17, 15) is 18.0 Å². The third-order valence-corrected chi connectivity index (χ3v) is 6.02. The molecule has 0 bridgehead atoms. The summed E-state index contributed by atoms with van der Waals surface area (Å²) < 4.78 is 45.0. The second-order valence-corrected chi connectivity index (χ2v) is 9.15. The summed E-state index contributed by atoms with van der Waals surface area (Å²) in [6, 6.07) is 2.05. The Morgan fingerprint density at radius 3 is 2.47 bits per heavy atom. The van der Waals surface area contributed by atoms with Gasteiger partial charge < -0.3 is 4.74 Å². The van der Waals surface area contributed by atoms with Gasteiger partial charge >= 0.3 is 6.18 Å². The van der Waals surface area contributed by atoms with Crippen LogP contribution in [0.25, 0.3) is 5.57 Å². The number of amidine groups is 1. The molecule has 6 nitrogen and oxygen atoms in total. The summed E-state index contributed by atoms with van der Waals surface area (Å²) in [5.41, 5.74) is 2.27. The first-order valence-electron chi connectivity index (χ1n) is 12.0. The van der Waals surface area contributed by atoms with E-state index in [1.807, 2.05) is 0 Å². The molecule has 1 aliphatic carbocycles. The van der Waals surface area contributed by atoms with E-state index in [-0.39, 0.29) is 28.8 Å². The summed E-state index contributed by atoms with van der Waals surface area (Å²) >= 11 is 1.27. The van der Waals surface area contributed by atoms with Gasteiger partial charge in [0.2, 0.25) is 0 Å². The number of alkyl halides is 3. The van der Waals surface area contributed by atoms with Crippen molar-refractivity contribution in [2.45, 2.75) is 71.3 Å². The summed E-state index contributed by atoms with van der Waals surface area (Å²) in [5.74, 6) is 6.30. The van der Waals surface area contributed by atoms with E-state index in [4.69, 9.17) is 4.74 Å². The molecule has 3 rings (SSSR count). The van der Waals surface area contributed by atoms with Gasteiger partial charge in [-0.1, -0.05) is 57.6 Å². The predicted molar refractivity (Wildman–Crippen MR) is 139 cm³/mol. The lowest BCUT2D eigenvalue weighted by molar-refractivity contribution is -0.141. The molecule has 1 saturated carbocycles. The average molecular weight is 523 g/mol. The molecular formula is C26H33F3N4O2S. The molecule has 0 aromatic carbocycles. The van der Waals surface area contributed by atoms with E-state index in [0.717, 1.165) is 18.9 Å². The van der Waals surface area contributed by atoms with Crippen molar-refractivity contribution in [2.24, 2.45) is 11.0 Å². The number of ether oxygens (including phenoxy) is 1. The van der Waals surface area contributed by atoms with Gasteiger partial charge in [-0.05, 0) is 55.7 Å². The Kier molecular flexibility index (Phi) is 11.4. The zero-order valence-corrected chi connectivity index (χ0v) is 22.1. The quantitative estimate of drug-likeness (QED) is 0.268. The monoisotopic (exact) mass is 522 g/mol. The average Bonchev–Trinajstić information content (AvgIpc) is 3.59. The summed E-state index contributed by atoms with van der Waals surface area (Å²) in [5, 5.41) is 6.89. The van der Waals surface area contributed by atoms with Crippen LogP contribution in [0.5, 0.6) is 5.75 Å². The van der Waals surface area contributed by atoms with E-state index in [1.54, 1.807) is 19.9 Å². The predicted octanol–water partition coefficient (Wildman–Crippen LogP) is 6.12. The minimum Gasteiger partial charge on any atom is -0.494 e. The van der Waals surface area contributed by atoms with Gasteiger partial charge in [-0.15, -0.1) is 0 Å². The van der Waals surface area contributed by atoms with Crippen molar-refractivity contribution in [2.75, 3.05) is 7.11 Å². The van der Waals surface area contributed by atoms with Crippen LogP contribution in [0.4, 0.5) is 13.2 Å². The molecule has 0 saturated heterocycles. The maximum atomic E-state index is 13.3. The van der Waals surface area contributed by atoms with Crippen LogP contribution < -0.4 is 15.5 Å². The number of unbranched alkanes of at least 4 members (excludes halogenated alkanes) is 1. The molecule has 1 fully saturated rings. The summed E-state index contributed by atoms with van der Waals surface area (Å²) in [4.78, 5) is 16.8. The van der Waals surface area contributed by atoms with E-state index < -0.39 is 17.8 Å². The smallest absolute Gasteiger partial charge is 0.433 e. The van der Waals surface area contributed by atoms with Gasteiger partial charge in [0.05, 0.1) is 7.11 Å². The Morgan fingerprint density at radius 1 is 1.25 bits per heavy atom. The van der Waals surface area contributed by atoms with Crippen LogP contribution in [0.2, 0.25) is 0 Å². The highest BCUT2D eigenvalue weighted by Crippen LogP contribution is 2.35. The zero-order valence-electron chi connectivity index (χ0n) is 21.3. The van der Waals surface area contributed by atoms with Gasteiger partial charge in [0.15, 0.2) is 10.5 Å². The van der Waals surface area contributed by atoms with E-state index in [1.165, 1.54) is 43.9 Å². The number of rotatable bonds is 6. The van der Waals surface area contributed by atoms with Crippen LogP contribution in [-0.4, -0.2) is 28.5 Å². The number of pyridine rings is 1. The molecule has 36 heavy (non-hydrogen) atoms. The molecule has 1 unspecified atom stereocenters. The van der Waals surface area contributed by atoms with Crippen LogP contribution in [0, 0.1) is 17.8 Å². The Labute approximate surface area is 215 Å². The SMILES string of the molecule is C/C=C\C(C(=O)NC1=NNC(C#CC2CC2)S1)=C(/CC)c1nc(C(F)(F)F)ccc1OC.CCCC. The van der Waals surface area contributed by atoms with E-state index in [2.05, 4.69) is 46.5 Å². The third-order valence-electron chi connectivity index (χ3n) is 5.14. The van der Waals surface area contributed by atoms with Crippen LogP contribution in [0.3, 0.4) is 0 Å². The standard InChI is InChI=1S/C22H23F3N4O2S.C4H10/c1-4-6-15(20(30)27-21-29-28-18(32-21)12-9-13-7-8-13)14(5-2)19-16(31-3)10-11-17(26-19)22(23,24)25;1-3-4-2/h4,6,10-11,13,18,28H,5,7-8H2,1-3H3,(H,27,29,30);3-4H2,1-2H3/b6-4-,15-14-;. The van der Waals surface area contributed by atoms with Crippen molar-refractivity contribution in [3.05, 3.63) is 41.2 Å². The zero-order chi connectivity index (χ0) is 26.7. The molecule has 10 heteroatoms. The minimum atomic E-state index is -4.62. The first kappa shape index (κ1) is 29.3. The van der Waals surface area contributed by atoms with Crippen molar-refractivity contribution < 1.29 is 22.7 Å². The Morgan fingerprint density at radius 2 is 1.94 bits per heavy atom. The number of halogens is 3. The largest absolute Gasteiger partial charge is 0.494 e. The Hall–Kier alpha value is -2.93. The highest BCUT2D eigenvalue weighted by Gasteiger charge is 2.34. The van der Waals surface area contributed by atoms with Gasteiger partial charge in [-0.25, -0.2) is 4.98 Å². The van der Waals surface area contributed by atoms with Crippen LogP contribution in [0.15, 0.2) is 35.0 Å². The van der Waals surface area contributed by atoms with Crippen LogP contribution >= 0.6 is 11.8 Å². The highest BCUT2D eigenvalue weighted by molar-refractivity contribution is 8.14. The molecular weight excluding hydrogens is 489 g/mol. The van der Waals surface area contributed by atoms with E-state index in [0.29, 0.717) is 16.7 Å². The molecule has 0 radical (unpaired) electrons. The molecule has 1 amide bonds. The topological polar surface area (TPSA) is 75.6 Å². The number of hydrogen-bond acceptors (Lipinski definition) is 6. The van der Waals surface area contributed by atoms with Crippen LogP contribution in [-0.2, 0) is 11.0 Å². The summed E-state index contributed by atoms with van der Waals surface area (Å²) in [6.45, 7) is 7.81. The molecule has 1 aromatic heterocycles. The van der Waals surface area contributed by atoms with Crippen molar-refractivity contribution in [1.82, 2.24) is 15.7 Å². The van der Waals surface area contributed by atoms with Gasteiger partial charge in [-0.2, -0.15) is 18.3 Å². The van der Waals surface area contributed by atoms with Gasteiger partial charge in [0, 0.05) is 11.5 Å². The van der Waals surface area contributed by atoms with Gasteiger partial charge in [0.25, 0.3) is 5.91 Å². The third kappa shape index (κ3) is 8.63. The second-order valence-electron chi connectivity index (χ2n) is 8.05. The van der Waals surface area contributed by atoms with Crippen molar-refractivity contribution in [3.63, 3.8) is 0 Å². The number of aromatic nitrogens is 1. The molecule has 2 aliphatic rings. The van der Waals surface area contributed by atoms with Crippen molar-refractivity contribution in [3.8, 4) is 17.6 Å². The molecule has 2 N–H and O–H groups in total. The number of methoxy groups -OCH3 is 1. The Bertz CT molecular complexity index is 1070. The number of allylic oxidation sites excluding steroid dienone is 2. The fraction of sp³-hybridized carbons (Fsp3) is 0.500. The van der Waals surface area contributed by atoms with Crippen molar-refractivity contribution >= 4 is 28.4 Å². The number of hydrogen-bond donors (Lipinski definition) is 2. The highest BCUT2D eigenvalue weighted by atomic mass is 32.2. The number of hydrazone groups is 1. The molecule has 1 aliphatic heterocycles. The number of nitrogens with zero attached hydrogens (tertiary/aromatic N) is 2. The number of carbonyl (C=O) groups is 1. The first-order valence-corrected chi connectivity index (χ1v) is 12.9. The second kappa shape index (κ2) is 14.0. The lowest BCUT2D eigenvalue weighted by atomic mass is 9.99. The van der Waals surface area contributed by atoms with E-state index >= 15 is 0 Å². The van der Waals surface area contributed by atoms with Gasteiger partial charge in [0.1, 0.15) is 17.1 Å². The minimum absolute atomic E-state index is 0.0274. The molecule has 2 heterocycles. The summed E-state index contributed by atoms with van der Waals surface area (Å²) in [7, 11) is 1.34. The maximum Gasteiger partial charge on any atom is 0.433 e. The van der Waals surface area contributed by atoms with Crippen molar-refractivity contribution in [1.29, 1.82) is 0 Å². The van der Waals surface area contributed by atoms with Crippen LogP contribution in [0.1, 0.15) is 71.2 Å². The summed E-state index contributed by atoms with van der Waals surface area (Å²) in [6.07, 6.45) is 3.66. The molecule has 196 valence electrons. The number of nitrogens with one attached hydrogen (secondary N) is 2. The molecule has 1 atom stereocenters. The normalized spacial score (nSPS) is 17.7. The lowest BCUT2D eigenvalue weighted by Crippen LogP contribution is -2.29. The first-order chi connectivity index (χ1) is 17.2. The number of carbonyl (C=O) groups excluding carboxylic acids is 1. The fourth-order valence-electron chi connectivity index (χ4n) is 2.94. The fourth-order valence-corrected chi connectivity index (χ4v) is 3.65. The van der Waals surface area contributed by atoms with Gasteiger partial charge in [-0.3, -0.25) is 15.5 Å². The molecule has 1 aromatic rings. The number of amides is 1. The lowest BCUT2D eigenvalue weighted by Gasteiger charge is -2.16. The molecule has 0 spiro atoms. The number of thioether (sulfide) groups is 1. The Balaban J connectivity index is 0.00000106. The maximum absolute atomic E-state index is 13.3.